The summed E-state index contributed by atoms with van der Waals surface area (Å²) in [7, 11) is 0. The Hall–Kier alpha value is -6.40. The van der Waals surface area contributed by atoms with Crippen LogP contribution in [0.15, 0.2) is 146 Å². The minimum Gasteiger partial charge on any atom is -0.457 e. The molecule has 0 fully saturated rings. The van der Waals surface area contributed by atoms with Gasteiger partial charge in [0.25, 0.3) is 0 Å². The van der Waals surface area contributed by atoms with Crippen molar-refractivity contribution in [2.45, 2.75) is 65.7 Å². The van der Waals surface area contributed by atoms with E-state index < -0.39 is 0 Å². The highest BCUT2D eigenvalue weighted by atomic mass is 16.5. The van der Waals surface area contributed by atoms with E-state index in [0.29, 0.717) is 18.5 Å². The summed E-state index contributed by atoms with van der Waals surface area (Å²) in [4.78, 5) is 14.3. The average Bonchev–Trinajstić information content (AvgIpc) is 3.76. The molecule has 3 aromatic heterocycles. The van der Waals surface area contributed by atoms with Crippen LogP contribution in [-0.4, -0.2) is 21.2 Å². The zero-order valence-electron chi connectivity index (χ0n) is 33.9. The lowest BCUT2D eigenvalue weighted by molar-refractivity contribution is 0.483. The normalized spacial score (nSPS) is 13.0. The molecule has 8 aromatic rings. The van der Waals surface area contributed by atoms with E-state index in [-0.39, 0.29) is 5.41 Å². The zero-order chi connectivity index (χ0) is 39.4. The average molecular weight is 748 g/mol. The number of rotatable bonds is 8. The van der Waals surface area contributed by atoms with Crippen LogP contribution >= 0.6 is 0 Å². The largest absolute Gasteiger partial charge is 0.457 e. The van der Waals surface area contributed by atoms with E-state index >= 15 is 0 Å². The van der Waals surface area contributed by atoms with E-state index in [9.17, 15) is 0 Å². The van der Waals surface area contributed by atoms with Gasteiger partial charge in [-0.2, -0.15) is 0 Å². The van der Waals surface area contributed by atoms with Crippen molar-refractivity contribution in [3.8, 4) is 28.4 Å². The minimum atomic E-state index is -0.000435. The molecule has 0 saturated heterocycles. The fraction of sp³-hybridized carbons (Fsp3) is 0.216. The summed E-state index contributed by atoms with van der Waals surface area (Å²) in [5.41, 5.74) is 13.1. The van der Waals surface area contributed by atoms with Crippen LogP contribution in [-0.2, 0) is 5.41 Å². The molecule has 284 valence electrons. The molecule has 6 heteroatoms. The van der Waals surface area contributed by atoms with E-state index in [4.69, 9.17) is 9.72 Å². The number of pyridine rings is 2. The third-order valence-corrected chi connectivity index (χ3v) is 11.3. The van der Waals surface area contributed by atoms with Gasteiger partial charge in [0.15, 0.2) is 0 Å². The van der Waals surface area contributed by atoms with Crippen LogP contribution in [0.2, 0.25) is 0 Å². The molecule has 0 amide bonds. The number of benzene rings is 5. The van der Waals surface area contributed by atoms with Gasteiger partial charge in [-0.15, -0.1) is 0 Å². The first kappa shape index (κ1) is 36.3. The number of fused-ring (bicyclic) bond motifs is 4. The molecule has 1 aliphatic heterocycles. The first-order chi connectivity index (χ1) is 27.5. The maximum absolute atomic E-state index is 6.72. The number of anilines is 4. The lowest BCUT2D eigenvalue weighted by atomic mass is 9.88. The van der Waals surface area contributed by atoms with Gasteiger partial charge < -0.3 is 14.5 Å². The van der Waals surface area contributed by atoms with Gasteiger partial charge in [0.05, 0.1) is 28.6 Å². The third kappa shape index (κ3) is 6.59. The Bertz CT molecular complexity index is 2730. The van der Waals surface area contributed by atoms with Gasteiger partial charge >= 0.3 is 0 Å². The molecular formula is C51H49N5O. The number of nitrogens with zero attached hydrogens (tertiary/aromatic N) is 5. The monoisotopic (exact) mass is 747 g/mol. The van der Waals surface area contributed by atoms with Gasteiger partial charge in [-0.05, 0) is 106 Å². The highest BCUT2D eigenvalue weighted by Crippen LogP contribution is 2.49. The van der Waals surface area contributed by atoms with Crippen LogP contribution in [0.1, 0.15) is 77.0 Å². The molecule has 0 bridgehead atoms. The third-order valence-electron chi connectivity index (χ3n) is 11.3. The van der Waals surface area contributed by atoms with Gasteiger partial charge in [0.2, 0.25) is 0 Å². The Balaban J connectivity index is 1.09. The van der Waals surface area contributed by atoms with Crippen LogP contribution in [0, 0.1) is 0 Å². The molecule has 0 N–H and O–H groups in total. The molecule has 5 aromatic carbocycles. The summed E-state index contributed by atoms with van der Waals surface area (Å²) in [5, 5.41) is 2.35. The molecule has 0 radical (unpaired) electrons. The maximum Gasteiger partial charge on any atom is 0.137 e. The number of para-hydroxylation sites is 1. The van der Waals surface area contributed by atoms with Crippen molar-refractivity contribution in [3.05, 3.63) is 163 Å². The molecule has 0 aliphatic carbocycles. The van der Waals surface area contributed by atoms with Gasteiger partial charge in [-0.3, -0.25) is 9.55 Å². The van der Waals surface area contributed by atoms with E-state index in [1.807, 2.05) is 24.7 Å². The first-order valence-electron chi connectivity index (χ1n) is 20.1. The standard InChI is InChI=1S/C51H49N5O/c1-33(2)43-26-36(35-14-9-8-10-15-35)27-44(34(3)4)50(43)55-32-54(46-23-24-52-31-48(46)55)38-16-13-17-39(29-38)57-40-20-21-42-41-18-11-12-19-45(41)56(47(42)30-40)49-28-37(22-25-53-49)51(5,6)7/h8-31,33-34H,32H2,1-7H3. The number of ether oxygens (including phenoxy) is 1. The summed E-state index contributed by atoms with van der Waals surface area (Å²) in [6, 6.07) is 45.3. The van der Waals surface area contributed by atoms with E-state index in [1.165, 1.54) is 38.9 Å². The van der Waals surface area contributed by atoms with Gasteiger partial charge in [0, 0.05) is 46.7 Å². The maximum atomic E-state index is 6.72. The second-order valence-corrected chi connectivity index (χ2v) is 16.8. The summed E-state index contributed by atoms with van der Waals surface area (Å²) >= 11 is 0. The van der Waals surface area contributed by atoms with Crippen molar-refractivity contribution < 1.29 is 4.74 Å². The van der Waals surface area contributed by atoms with Crippen molar-refractivity contribution in [3.63, 3.8) is 0 Å². The SMILES string of the molecule is CC(C)c1cc(-c2ccccc2)cc(C(C)C)c1N1CN(c2cccc(Oc3ccc4c5ccccc5n(-c5cc(C(C)(C)C)ccn5)c4c3)c2)c2ccncc21. The Morgan fingerprint density at radius 3 is 2.07 bits per heavy atom. The Morgan fingerprint density at radius 2 is 1.32 bits per heavy atom. The van der Waals surface area contributed by atoms with Crippen LogP contribution in [0.5, 0.6) is 11.5 Å². The van der Waals surface area contributed by atoms with Gasteiger partial charge in [-0.1, -0.05) is 103 Å². The Labute approximate surface area is 336 Å². The predicted molar refractivity (Wildman–Crippen MR) is 237 cm³/mol. The number of hydrogen-bond acceptors (Lipinski definition) is 5. The first-order valence-corrected chi connectivity index (χ1v) is 20.1. The zero-order valence-corrected chi connectivity index (χ0v) is 33.9. The summed E-state index contributed by atoms with van der Waals surface area (Å²) in [6.45, 7) is 16.6. The van der Waals surface area contributed by atoms with Gasteiger partial charge in [0.1, 0.15) is 24.0 Å². The number of hydrogen-bond donors (Lipinski definition) is 0. The fourth-order valence-corrected chi connectivity index (χ4v) is 8.31. The van der Waals surface area contributed by atoms with Crippen molar-refractivity contribution in [2.75, 3.05) is 16.5 Å². The highest BCUT2D eigenvalue weighted by Gasteiger charge is 2.32. The Morgan fingerprint density at radius 1 is 0.596 bits per heavy atom. The quantitative estimate of drug-likeness (QED) is 0.155. The predicted octanol–water partition coefficient (Wildman–Crippen LogP) is 13.8. The summed E-state index contributed by atoms with van der Waals surface area (Å²) in [6.07, 6.45) is 5.82. The minimum absolute atomic E-state index is 0.000435. The van der Waals surface area contributed by atoms with Gasteiger partial charge in [-0.25, -0.2) is 4.98 Å². The van der Waals surface area contributed by atoms with Crippen molar-refractivity contribution >= 4 is 44.6 Å². The molecule has 0 spiro atoms. The molecule has 0 unspecified atom stereocenters. The van der Waals surface area contributed by atoms with Crippen molar-refractivity contribution in [2.24, 2.45) is 0 Å². The lowest BCUT2D eigenvalue weighted by Crippen LogP contribution is -2.26. The van der Waals surface area contributed by atoms with E-state index in [1.54, 1.807) is 0 Å². The highest BCUT2D eigenvalue weighted by molar-refractivity contribution is 6.09. The molecule has 1 aliphatic rings. The molecular weight excluding hydrogens is 699 g/mol. The topological polar surface area (TPSA) is 46.4 Å². The Kier molecular flexibility index (Phi) is 9.08. The van der Waals surface area contributed by atoms with Crippen LogP contribution < -0.4 is 14.5 Å². The lowest BCUT2D eigenvalue weighted by Gasteiger charge is -2.30. The second-order valence-electron chi connectivity index (χ2n) is 16.8. The molecule has 0 atom stereocenters. The molecule has 0 saturated carbocycles. The fourth-order valence-electron chi connectivity index (χ4n) is 8.31. The molecule has 57 heavy (non-hydrogen) atoms. The summed E-state index contributed by atoms with van der Waals surface area (Å²) in [5.74, 6) is 3.08. The number of aromatic nitrogens is 3. The second kappa shape index (κ2) is 14.3. The van der Waals surface area contributed by atoms with Crippen LogP contribution in [0.4, 0.5) is 22.7 Å². The van der Waals surface area contributed by atoms with Crippen molar-refractivity contribution in [1.82, 2.24) is 14.5 Å². The van der Waals surface area contributed by atoms with Crippen molar-refractivity contribution in [1.29, 1.82) is 0 Å². The van der Waals surface area contributed by atoms with E-state index in [2.05, 4.69) is 189 Å². The molecule has 9 rings (SSSR count). The molecule has 6 nitrogen and oxygen atoms in total. The molecule has 4 heterocycles. The summed E-state index contributed by atoms with van der Waals surface area (Å²) < 4.78 is 8.98. The smallest absolute Gasteiger partial charge is 0.137 e. The van der Waals surface area contributed by atoms with E-state index in [0.717, 1.165) is 50.8 Å². The van der Waals surface area contributed by atoms with Crippen LogP contribution in [0.25, 0.3) is 38.8 Å². The van der Waals surface area contributed by atoms with Crippen LogP contribution in [0.3, 0.4) is 0 Å².